The average molecular weight is 632 g/mol. The Morgan fingerprint density at radius 2 is 1.64 bits per heavy atom. The SMILES string of the molecule is O=C(O)C=Cc1ccc(NC(=O)C2(NC(=O)c3ccc4c(C5CCCCC5)c5n(c4c3)CCOc3ccccc3-5)CCCCC2)cc1. The quantitative estimate of drug-likeness (QED) is 0.180. The molecule has 8 nitrogen and oxygen atoms in total. The summed E-state index contributed by atoms with van der Waals surface area (Å²) in [5, 5.41) is 16.3. The Bertz CT molecular complexity index is 1840. The van der Waals surface area contributed by atoms with Gasteiger partial charge in [-0.1, -0.05) is 68.9 Å². The number of rotatable bonds is 7. The van der Waals surface area contributed by atoms with Crippen molar-refractivity contribution in [3.05, 3.63) is 89.5 Å². The van der Waals surface area contributed by atoms with Gasteiger partial charge in [-0.2, -0.15) is 0 Å². The van der Waals surface area contributed by atoms with Crippen LogP contribution in [0.5, 0.6) is 5.75 Å². The van der Waals surface area contributed by atoms with E-state index in [-0.39, 0.29) is 11.8 Å². The molecule has 1 aliphatic heterocycles. The number of hydrogen-bond acceptors (Lipinski definition) is 4. The fourth-order valence-corrected chi connectivity index (χ4v) is 7.83. The van der Waals surface area contributed by atoms with Crippen molar-refractivity contribution in [2.24, 2.45) is 0 Å². The maximum absolute atomic E-state index is 14.1. The summed E-state index contributed by atoms with van der Waals surface area (Å²) in [4.78, 5) is 38.8. The van der Waals surface area contributed by atoms with Gasteiger partial charge in [0.25, 0.3) is 5.91 Å². The Hall–Kier alpha value is -4.85. The fraction of sp³-hybridized carbons (Fsp3) is 0.359. The highest BCUT2D eigenvalue weighted by Crippen LogP contribution is 2.47. The molecule has 242 valence electrons. The molecule has 2 amide bonds. The van der Waals surface area contributed by atoms with Crippen LogP contribution >= 0.6 is 0 Å². The zero-order valence-electron chi connectivity index (χ0n) is 26.6. The predicted octanol–water partition coefficient (Wildman–Crippen LogP) is 7.92. The van der Waals surface area contributed by atoms with Crippen LogP contribution in [-0.2, 0) is 16.1 Å². The molecule has 8 heteroatoms. The molecule has 0 unspecified atom stereocenters. The van der Waals surface area contributed by atoms with E-state index in [2.05, 4.69) is 33.4 Å². The number of amides is 2. The molecule has 0 bridgehead atoms. The van der Waals surface area contributed by atoms with Crippen molar-refractivity contribution in [3.8, 4) is 17.0 Å². The summed E-state index contributed by atoms with van der Waals surface area (Å²) in [6.07, 6.45) is 12.5. The number of carboxylic acids is 1. The number of ether oxygens (including phenoxy) is 1. The highest BCUT2D eigenvalue weighted by atomic mass is 16.5. The van der Waals surface area contributed by atoms with Crippen molar-refractivity contribution in [1.82, 2.24) is 9.88 Å². The first-order chi connectivity index (χ1) is 22.9. The second kappa shape index (κ2) is 13.1. The van der Waals surface area contributed by atoms with Gasteiger partial charge in [-0.15, -0.1) is 0 Å². The van der Waals surface area contributed by atoms with Gasteiger partial charge in [-0.3, -0.25) is 9.59 Å². The van der Waals surface area contributed by atoms with E-state index in [1.807, 2.05) is 24.3 Å². The Labute approximate surface area is 274 Å². The van der Waals surface area contributed by atoms with Crippen molar-refractivity contribution in [2.75, 3.05) is 11.9 Å². The lowest BCUT2D eigenvalue weighted by Gasteiger charge is -2.36. The molecule has 0 saturated heterocycles. The smallest absolute Gasteiger partial charge is 0.328 e. The summed E-state index contributed by atoms with van der Waals surface area (Å²) in [7, 11) is 0. The van der Waals surface area contributed by atoms with E-state index in [0.29, 0.717) is 48.7 Å². The number of nitrogens with one attached hydrogen (secondary N) is 2. The van der Waals surface area contributed by atoms with Crippen molar-refractivity contribution in [2.45, 2.75) is 82.2 Å². The van der Waals surface area contributed by atoms with Crippen LogP contribution in [0.1, 0.15) is 91.6 Å². The first-order valence-corrected chi connectivity index (χ1v) is 17.0. The summed E-state index contributed by atoms with van der Waals surface area (Å²) >= 11 is 0. The van der Waals surface area contributed by atoms with Crippen molar-refractivity contribution < 1.29 is 24.2 Å². The van der Waals surface area contributed by atoms with Crippen LogP contribution in [0.4, 0.5) is 5.69 Å². The number of carboxylic acid groups (broad SMARTS) is 1. The first kappa shape index (κ1) is 30.8. The zero-order valence-corrected chi connectivity index (χ0v) is 26.6. The van der Waals surface area contributed by atoms with Crippen LogP contribution in [0.15, 0.2) is 72.8 Å². The molecule has 2 saturated carbocycles. The van der Waals surface area contributed by atoms with Gasteiger partial charge in [0.05, 0.1) is 12.2 Å². The summed E-state index contributed by atoms with van der Waals surface area (Å²) in [6.45, 7) is 1.24. The van der Waals surface area contributed by atoms with E-state index in [4.69, 9.17) is 9.84 Å². The van der Waals surface area contributed by atoms with Gasteiger partial charge < -0.3 is 25.0 Å². The number of carbonyl (C=O) groups excluding carboxylic acids is 2. The Morgan fingerprint density at radius 3 is 2.40 bits per heavy atom. The van der Waals surface area contributed by atoms with E-state index in [9.17, 15) is 14.4 Å². The van der Waals surface area contributed by atoms with Crippen molar-refractivity contribution >= 4 is 40.4 Å². The van der Waals surface area contributed by atoms with Gasteiger partial charge >= 0.3 is 5.97 Å². The topological polar surface area (TPSA) is 110 Å². The fourth-order valence-electron chi connectivity index (χ4n) is 7.83. The molecule has 0 radical (unpaired) electrons. The molecular formula is C39H41N3O5. The second-order valence-corrected chi connectivity index (χ2v) is 13.2. The summed E-state index contributed by atoms with van der Waals surface area (Å²) < 4.78 is 8.55. The average Bonchev–Trinajstić information content (AvgIpc) is 3.29. The number of aromatic nitrogens is 1. The van der Waals surface area contributed by atoms with Crippen LogP contribution in [0, 0.1) is 0 Å². The zero-order chi connectivity index (χ0) is 32.4. The largest absolute Gasteiger partial charge is 0.491 e. The molecule has 1 aromatic heterocycles. The van der Waals surface area contributed by atoms with E-state index >= 15 is 0 Å². The van der Waals surface area contributed by atoms with Crippen molar-refractivity contribution in [3.63, 3.8) is 0 Å². The number of aliphatic carboxylic acids is 1. The highest BCUT2D eigenvalue weighted by Gasteiger charge is 2.41. The third-order valence-electron chi connectivity index (χ3n) is 10.2. The lowest BCUT2D eigenvalue weighted by atomic mass is 9.80. The van der Waals surface area contributed by atoms with Gasteiger partial charge in [0.15, 0.2) is 0 Å². The molecule has 3 aromatic carbocycles. The van der Waals surface area contributed by atoms with Crippen LogP contribution in [0.2, 0.25) is 0 Å². The van der Waals surface area contributed by atoms with Gasteiger partial charge in [0.1, 0.15) is 17.9 Å². The number of anilines is 1. The van der Waals surface area contributed by atoms with Crippen LogP contribution in [0.3, 0.4) is 0 Å². The predicted molar refractivity (Wildman–Crippen MR) is 184 cm³/mol. The minimum absolute atomic E-state index is 0.231. The van der Waals surface area contributed by atoms with Gasteiger partial charge in [-0.25, -0.2) is 4.79 Å². The third-order valence-corrected chi connectivity index (χ3v) is 10.2. The maximum atomic E-state index is 14.1. The summed E-state index contributed by atoms with van der Waals surface area (Å²) in [5.74, 6) is -0.137. The van der Waals surface area contributed by atoms with Gasteiger partial charge in [0.2, 0.25) is 5.91 Å². The van der Waals surface area contributed by atoms with Gasteiger partial charge in [0, 0.05) is 33.8 Å². The second-order valence-electron chi connectivity index (χ2n) is 13.2. The lowest BCUT2D eigenvalue weighted by Crippen LogP contribution is -2.57. The minimum atomic E-state index is -1.03. The lowest BCUT2D eigenvalue weighted by molar-refractivity contribution is -0.131. The normalized spacial score (nSPS) is 17.7. The van der Waals surface area contributed by atoms with E-state index < -0.39 is 11.5 Å². The number of fused-ring (bicyclic) bond motifs is 5. The van der Waals surface area contributed by atoms with E-state index in [1.54, 1.807) is 24.3 Å². The molecule has 2 heterocycles. The third kappa shape index (κ3) is 6.16. The monoisotopic (exact) mass is 631 g/mol. The summed E-state index contributed by atoms with van der Waals surface area (Å²) in [6, 6.07) is 21.3. The number of hydrogen-bond donors (Lipinski definition) is 3. The number of para-hydroxylation sites is 1. The Morgan fingerprint density at radius 1 is 0.894 bits per heavy atom. The maximum Gasteiger partial charge on any atom is 0.328 e. The van der Waals surface area contributed by atoms with Crippen LogP contribution in [-0.4, -0.2) is 39.6 Å². The number of carbonyl (C=O) groups is 3. The molecule has 3 N–H and O–H groups in total. The van der Waals surface area contributed by atoms with Crippen LogP contribution in [0.25, 0.3) is 28.2 Å². The van der Waals surface area contributed by atoms with E-state index in [0.717, 1.165) is 55.0 Å². The molecule has 3 aliphatic rings. The standard InChI is InChI=1S/C39H41N3O5/c43-34(44)20-15-26-13-17-29(18-14-26)40-38(46)39(21-7-2-8-22-39)41-37(45)28-16-19-30-32(25-28)42-23-24-47-33-12-6-5-11-31(33)36(42)35(30)27-9-3-1-4-10-27/h5-6,11-20,25,27H,1-4,7-10,21-24H2,(H,40,46)(H,41,45)(H,43,44). The minimum Gasteiger partial charge on any atom is -0.491 e. The molecule has 7 rings (SSSR count). The molecule has 2 fully saturated rings. The van der Waals surface area contributed by atoms with Gasteiger partial charge in [-0.05, 0) is 85.2 Å². The molecule has 47 heavy (non-hydrogen) atoms. The van der Waals surface area contributed by atoms with Crippen molar-refractivity contribution in [1.29, 1.82) is 0 Å². The highest BCUT2D eigenvalue weighted by molar-refractivity contribution is 6.06. The Kier molecular flexibility index (Phi) is 8.58. The molecule has 0 atom stereocenters. The molecule has 0 spiro atoms. The number of benzene rings is 3. The number of nitrogens with zero attached hydrogens (tertiary/aromatic N) is 1. The summed E-state index contributed by atoms with van der Waals surface area (Å²) in [5.41, 5.74) is 5.55. The molecule has 2 aliphatic carbocycles. The van der Waals surface area contributed by atoms with E-state index in [1.165, 1.54) is 42.0 Å². The van der Waals surface area contributed by atoms with Crippen LogP contribution < -0.4 is 15.4 Å². The first-order valence-electron chi connectivity index (χ1n) is 17.0. The Balaban J connectivity index is 1.20. The molecular weight excluding hydrogens is 590 g/mol. The molecule has 4 aromatic rings.